The molecule has 1 heterocycles. The molecule has 2 rings (SSSR count). The molecule has 5 heteroatoms. The quantitative estimate of drug-likeness (QED) is 0.902. The average Bonchev–Trinajstić information content (AvgIpc) is 2.37. The number of methoxy groups -OCH3 is 1. The Morgan fingerprint density at radius 1 is 1.22 bits per heavy atom. The topological polar surface area (TPSA) is 47.0 Å². The Bertz CT molecular complexity index is 528. The first kappa shape index (κ1) is 12.3. The molecule has 0 amide bonds. The van der Waals surface area contributed by atoms with Gasteiger partial charge >= 0.3 is 0 Å². The van der Waals surface area contributed by atoms with E-state index in [-0.39, 0.29) is 5.82 Å². The van der Waals surface area contributed by atoms with Gasteiger partial charge in [0.2, 0.25) is 11.8 Å². The lowest BCUT2D eigenvalue weighted by Gasteiger charge is -2.07. The van der Waals surface area contributed by atoms with E-state index in [9.17, 15) is 4.39 Å². The third-order valence-corrected chi connectivity index (χ3v) is 2.40. The minimum absolute atomic E-state index is 0.243. The van der Waals surface area contributed by atoms with Crippen molar-refractivity contribution in [1.82, 2.24) is 9.97 Å². The van der Waals surface area contributed by atoms with E-state index in [0.717, 1.165) is 11.3 Å². The number of ether oxygens (including phenoxy) is 1. The molecular weight excluding hydrogens is 233 g/mol. The summed E-state index contributed by atoms with van der Waals surface area (Å²) < 4.78 is 17.8. The second-order valence-electron chi connectivity index (χ2n) is 3.86. The molecule has 0 saturated heterocycles. The van der Waals surface area contributed by atoms with Crippen molar-refractivity contribution >= 4 is 5.95 Å². The third kappa shape index (κ3) is 3.16. The average molecular weight is 247 g/mol. The number of aryl methyl sites for hydroxylation is 1. The minimum Gasteiger partial charge on any atom is -0.481 e. The van der Waals surface area contributed by atoms with Gasteiger partial charge in [-0.3, -0.25) is 0 Å². The Kier molecular flexibility index (Phi) is 3.72. The molecule has 4 nitrogen and oxygen atoms in total. The summed E-state index contributed by atoms with van der Waals surface area (Å²) in [6.45, 7) is 2.40. The molecule has 18 heavy (non-hydrogen) atoms. The molecule has 0 aliphatic heterocycles. The zero-order valence-electron chi connectivity index (χ0n) is 10.3. The van der Waals surface area contributed by atoms with Gasteiger partial charge in [-0.2, -0.15) is 4.98 Å². The number of rotatable bonds is 4. The van der Waals surface area contributed by atoms with Gasteiger partial charge in [-0.25, -0.2) is 9.37 Å². The molecule has 0 radical (unpaired) electrons. The van der Waals surface area contributed by atoms with E-state index in [1.54, 1.807) is 25.3 Å². The first-order chi connectivity index (χ1) is 8.67. The van der Waals surface area contributed by atoms with Gasteiger partial charge in [0.05, 0.1) is 7.11 Å². The van der Waals surface area contributed by atoms with Crippen molar-refractivity contribution in [3.05, 3.63) is 47.4 Å². The SMILES string of the molecule is COc1cc(C)nc(NCc2ccc(F)cc2)n1. The molecule has 0 spiro atoms. The molecule has 1 aromatic carbocycles. The van der Waals surface area contributed by atoms with Crippen LogP contribution < -0.4 is 10.1 Å². The first-order valence-corrected chi connectivity index (χ1v) is 5.55. The number of halogens is 1. The van der Waals surface area contributed by atoms with Crippen molar-refractivity contribution in [3.8, 4) is 5.88 Å². The standard InChI is InChI=1S/C13H14FN3O/c1-9-7-12(18-2)17-13(16-9)15-8-10-3-5-11(14)6-4-10/h3-7H,8H2,1-2H3,(H,15,16,17). The predicted molar refractivity (Wildman–Crippen MR) is 67.0 cm³/mol. The van der Waals surface area contributed by atoms with E-state index in [4.69, 9.17) is 4.74 Å². The fraction of sp³-hybridized carbons (Fsp3) is 0.231. The fourth-order valence-electron chi connectivity index (χ4n) is 1.51. The van der Waals surface area contributed by atoms with Crippen LogP contribution in [0.1, 0.15) is 11.3 Å². The number of hydrogen-bond donors (Lipinski definition) is 1. The van der Waals surface area contributed by atoms with Gasteiger partial charge in [0.1, 0.15) is 5.82 Å². The zero-order chi connectivity index (χ0) is 13.0. The molecule has 1 aromatic heterocycles. The molecule has 94 valence electrons. The smallest absolute Gasteiger partial charge is 0.226 e. The van der Waals surface area contributed by atoms with Crippen molar-refractivity contribution in [2.24, 2.45) is 0 Å². The maximum atomic E-state index is 12.7. The molecule has 2 aromatic rings. The molecule has 0 saturated carbocycles. The van der Waals surface area contributed by atoms with Crippen LogP contribution in [0.5, 0.6) is 5.88 Å². The van der Waals surface area contributed by atoms with E-state index in [2.05, 4.69) is 15.3 Å². The number of hydrogen-bond acceptors (Lipinski definition) is 4. The molecule has 0 unspecified atom stereocenters. The van der Waals surface area contributed by atoms with Crippen LogP contribution in [0.4, 0.5) is 10.3 Å². The maximum Gasteiger partial charge on any atom is 0.226 e. The lowest BCUT2D eigenvalue weighted by atomic mass is 10.2. The van der Waals surface area contributed by atoms with Crippen molar-refractivity contribution in [2.75, 3.05) is 12.4 Å². The summed E-state index contributed by atoms with van der Waals surface area (Å²) in [6.07, 6.45) is 0. The molecule has 0 aliphatic rings. The van der Waals surface area contributed by atoms with Gasteiger partial charge in [-0.15, -0.1) is 0 Å². The van der Waals surface area contributed by atoms with Gasteiger partial charge in [0.15, 0.2) is 0 Å². The molecule has 0 bridgehead atoms. The summed E-state index contributed by atoms with van der Waals surface area (Å²) in [4.78, 5) is 8.40. The molecule has 0 atom stereocenters. The summed E-state index contributed by atoms with van der Waals surface area (Å²) in [5.74, 6) is 0.771. The van der Waals surface area contributed by atoms with Crippen molar-refractivity contribution < 1.29 is 9.13 Å². The lowest BCUT2D eigenvalue weighted by molar-refractivity contribution is 0.397. The number of nitrogens with one attached hydrogen (secondary N) is 1. The summed E-state index contributed by atoms with van der Waals surface area (Å²) in [7, 11) is 1.56. The van der Waals surface area contributed by atoms with E-state index in [0.29, 0.717) is 18.4 Å². The fourth-order valence-corrected chi connectivity index (χ4v) is 1.51. The Morgan fingerprint density at radius 2 is 1.94 bits per heavy atom. The Balaban J connectivity index is 2.05. The summed E-state index contributed by atoms with van der Waals surface area (Å²) >= 11 is 0. The number of aromatic nitrogens is 2. The number of nitrogens with zero attached hydrogens (tertiary/aromatic N) is 2. The number of anilines is 1. The highest BCUT2D eigenvalue weighted by Crippen LogP contribution is 2.12. The Morgan fingerprint density at radius 3 is 2.61 bits per heavy atom. The van der Waals surface area contributed by atoms with Gasteiger partial charge in [0, 0.05) is 18.3 Å². The van der Waals surface area contributed by atoms with Crippen LogP contribution in [0.25, 0.3) is 0 Å². The van der Waals surface area contributed by atoms with Crippen molar-refractivity contribution in [1.29, 1.82) is 0 Å². The van der Waals surface area contributed by atoms with Crippen LogP contribution in [-0.4, -0.2) is 17.1 Å². The Labute approximate surface area is 105 Å². The van der Waals surface area contributed by atoms with Gasteiger partial charge in [0.25, 0.3) is 0 Å². The van der Waals surface area contributed by atoms with Crippen LogP contribution in [0.15, 0.2) is 30.3 Å². The molecule has 0 fully saturated rings. The highest BCUT2D eigenvalue weighted by molar-refractivity contribution is 5.32. The van der Waals surface area contributed by atoms with E-state index < -0.39 is 0 Å². The van der Waals surface area contributed by atoms with E-state index >= 15 is 0 Å². The third-order valence-electron chi connectivity index (χ3n) is 2.40. The predicted octanol–water partition coefficient (Wildman–Crippen LogP) is 2.54. The molecule has 0 aliphatic carbocycles. The largest absolute Gasteiger partial charge is 0.481 e. The van der Waals surface area contributed by atoms with Gasteiger partial charge in [-0.1, -0.05) is 12.1 Å². The summed E-state index contributed by atoms with van der Waals surface area (Å²) in [6, 6.07) is 8.04. The van der Waals surface area contributed by atoms with Crippen LogP contribution in [0.3, 0.4) is 0 Å². The molecule has 1 N–H and O–H groups in total. The van der Waals surface area contributed by atoms with E-state index in [1.165, 1.54) is 12.1 Å². The monoisotopic (exact) mass is 247 g/mol. The summed E-state index contributed by atoms with van der Waals surface area (Å²) in [5.41, 5.74) is 1.78. The normalized spacial score (nSPS) is 10.2. The van der Waals surface area contributed by atoms with Gasteiger partial charge < -0.3 is 10.1 Å². The first-order valence-electron chi connectivity index (χ1n) is 5.55. The van der Waals surface area contributed by atoms with Gasteiger partial charge in [-0.05, 0) is 24.6 Å². The highest BCUT2D eigenvalue weighted by atomic mass is 19.1. The second-order valence-corrected chi connectivity index (χ2v) is 3.86. The Hall–Kier alpha value is -2.17. The van der Waals surface area contributed by atoms with Crippen molar-refractivity contribution in [2.45, 2.75) is 13.5 Å². The minimum atomic E-state index is -0.243. The lowest BCUT2D eigenvalue weighted by Crippen LogP contribution is -2.05. The highest BCUT2D eigenvalue weighted by Gasteiger charge is 2.02. The molecular formula is C13H14FN3O. The number of benzene rings is 1. The van der Waals surface area contributed by atoms with Crippen LogP contribution in [0.2, 0.25) is 0 Å². The second kappa shape index (κ2) is 5.44. The zero-order valence-corrected chi connectivity index (χ0v) is 10.3. The van der Waals surface area contributed by atoms with Crippen molar-refractivity contribution in [3.63, 3.8) is 0 Å². The van der Waals surface area contributed by atoms with Crippen LogP contribution in [-0.2, 0) is 6.54 Å². The summed E-state index contributed by atoms with van der Waals surface area (Å²) in [5, 5.41) is 3.07. The van der Waals surface area contributed by atoms with E-state index in [1.807, 2.05) is 6.92 Å². The van der Waals surface area contributed by atoms with Crippen LogP contribution in [0, 0.1) is 12.7 Å². The maximum absolute atomic E-state index is 12.7. The van der Waals surface area contributed by atoms with Crippen LogP contribution >= 0.6 is 0 Å².